The molecular formula is C10H14BrISi. The summed E-state index contributed by atoms with van der Waals surface area (Å²) in [6.07, 6.45) is 2.62. The van der Waals surface area contributed by atoms with E-state index < -0.39 is 4.19 Å². The van der Waals surface area contributed by atoms with Crippen molar-refractivity contribution in [2.45, 2.75) is 25.8 Å². The Balaban J connectivity index is 2.69. The Morgan fingerprint density at radius 3 is 2.46 bits per heavy atom. The molecule has 72 valence electrons. The largest absolute Gasteiger partial charge is 0.225 e. The van der Waals surface area contributed by atoms with Crippen molar-refractivity contribution in [3.63, 3.8) is 0 Å². The summed E-state index contributed by atoms with van der Waals surface area (Å²) in [6.45, 7) is 2.25. The van der Waals surface area contributed by atoms with Crippen molar-refractivity contribution in [1.82, 2.24) is 0 Å². The topological polar surface area (TPSA) is 0 Å². The van der Waals surface area contributed by atoms with Gasteiger partial charge >= 0.3 is 0 Å². The van der Waals surface area contributed by atoms with Crippen LogP contribution >= 0.6 is 37.1 Å². The molecule has 1 unspecified atom stereocenters. The van der Waals surface area contributed by atoms with Crippen LogP contribution in [-0.4, -0.2) is 4.19 Å². The van der Waals surface area contributed by atoms with Gasteiger partial charge in [0, 0.05) is 0 Å². The van der Waals surface area contributed by atoms with Crippen LogP contribution in [0.3, 0.4) is 0 Å². The zero-order valence-electron chi connectivity index (χ0n) is 7.76. The van der Waals surface area contributed by atoms with Crippen LogP contribution in [0.2, 0.25) is 6.04 Å². The second-order valence-corrected chi connectivity index (χ2v) is 19.7. The maximum Gasteiger partial charge on any atom is 0.225 e. The Morgan fingerprint density at radius 1 is 1.31 bits per heavy atom. The Labute approximate surface area is 102 Å². The van der Waals surface area contributed by atoms with Crippen LogP contribution in [0.1, 0.15) is 19.8 Å². The average Bonchev–Trinajstić information content (AvgIpc) is 2.16. The highest BCUT2D eigenvalue weighted by atomic mass is 127. The first-order valence-electron chi connectivity index (χ1n) is 4.60. The van der Waals surface area contributed by atoms with Crippen LogP contribution in [0.25, 0.3) is 0 Å². The van der Waals surface area contributed by atoms with Crippen molar-refractivity contribution in [3.05, 3.63) is 30.3 Å². The smallest absolute Gasteiger partial charge is 0.106 e. The fourth-order valence-corrected chi connectivity index (χ4v) is 6.85. The molecule has 0 aliphatic carbocycles. The minimum Gasteiger partial charge on any atom is -0.106 e. The third kappa shape index (κ3) is 3.71. The minimum atomic E-state index is -1.32. The number of unbranched alkanes of at least 4 members (excludes halogenated alkanes) is 1. The summed E-state index contributed by atoms with van der Waals surface area (Å²) in [6, 6.07) is 12.1. The number of hydrogen-bond acceptors (Lipinski definition) is 0. The monoisotopic (exact) mass is 368 g/mol. The van der Waals surface area contributed by atoms with E-state index >= 15 is 0 Å². The standard InChI is InChI=1S/C10H14BrISi/c1-2-3-9-13(11,12)10-7-5-4-6-8-10/h4-8H,2-3,9H2,1H3. The van der Waals surface area contributed by atoms with Crippen molar-refractivity contribution in [2.75, 3.05) is 0 Å². The van der Waals surface area contributed by atoms with Gasteiger partial charge in [-0.3, -0.25) is 0 Å². The predicted molar refractivity (Wildman–Crippen MR) is 74.5 cm³/mol. The molecule has 13 heavy (non-hydrogen) atoms. The molecule has 0 nitrogen and oxygen atoms in total. The molecule has 0 saturated heterocycles. The van der Waals surface area contributed by atoms with Gasteiger partial charge in [0.1, 0.15) is 0 Å². The molecule has 0 fully saturated rings. The Hall–Kier alpha value is 0.647. The first-order chi connectivity index (χ1) is 6.17. The number of hydrogen-bond donors (Lipinski definition) is 0. The van der Waals surface area contributed by atoms with E-state index in [1.165, 1.54) is 24.1 Å². The van der Waals surface area contributed by atoms with Crippen LogP contribution in [0.15, 0.2) is 30.3 Å². The van der Waals surface area contributed by atoms with Gasteiger partial charge in [-0.2, -0.15) is 0 Å². The van der Waals surface area contributed by atoms with Gasteiger partial charge in [0.15, 0.2) is 0 Å². The maximum atomic E-state index is 3.92. The van der Waals surface area contributed by atoms with E-state index in [0.29, 0.717) is 0 Å². The molecule has 0 saturated carbocycles. The van der Waals surface area contributed by atoms with Gasteiger partial charge in [0.2, 0.25) is 4.19 Å². The van der Waals surface area contributed by atoms with Crippen LogP contribution in [-0.2, 0) is 0 Å². The molecule has 1 atom stereocenters. The van der Waals surface area contributed by atoms with Gasteiger partial charge in [-0.25, -0.2) is 0 Å². The highest BCUT2D eigenvalue weighted by Crippen LogP contribution is 2.27. The molecule has 0 aliphatic heterocycles. The second kappa shape index (κ2) is 5.51. The van der Waals surface area contributed by atoms with Gasteiger partial charge in [-0.15, -0.1) is 15.3 Å². The lowest BCUT2D eigenvalue weighted by Crippen LogP contribution is -2.34. The fraction of sp³-hybridized carbons (Fsp3) is 0.400. The van der Waals surface area contributed by atoms with Crippen molar-refractivity contribution in [3.8, 4) is 0 Å². The molecule has 0 spiro atoms. The Bertz CT molecular complexity index is 248. The Morgan fingerprint density at radius 2 is 1.92 bits per heavy atom. The molecule has 0 bridgehead atoms. The van der Waals surface area contributed by atoms with Gasteiger partial charge in [-0.05, 0) is 11.2 Å². The van der Waals surface area contributed by atoms with E-state index in [9.17, 15) is 0 Å². The summed E-state index contributed by atoms with van der Waals surface area (Å²) >= 11 is 6.54. The molecule has 1 aromatic rings. The molecule has 1 rings (SSSR count). The summed E-state index contributed by atoms with van der Waals surface area (Å²) in [5, 5.41) is 1.50. The molecule has 0 aliphatic rings. The normalized spacial score (nSPS) is 15.3. The van der Waals surface area contributed by atoms with E-state index in [1.54, 1.807) is 0 Å². The third-order valence-electron chi connectivity index (χ3n) is 2.04. The van der Waals surface area contributed by atoms with E-state index in [0.717, 1.165) is 0 Å². The molecule has 3 heteroatoms. The summed E-state index contributed by atoms with van der Waals surface area (Å²) < 4.78 is -1.32. The minimum absolute atomic E-state index is 1.29. The Kier molecular flexibility index (Phi) is 4.97. The van der Waals surface area contributed by atoms with Gasteiger partial charge < -0.3 is 0 Å². The summed E-state index contributed by atoms with van der Waals surface area (Å²) in [4.78, 5) is 0. The van der Waals surface area contributed by atoms with Crippen molar-refractivity contribution in [2.24, 2.45) is 0 Å². The van der Waals surface area contributed by atoms with Crippen LogP contribution in [0.5, 0.6) is 0 Å². The van der Waals surface area contributed by atoms with Gasteiger partial charge in [0.25, 0.3) is 0 Å². The van der Waals surface area contributed by atoms with Crippen LogP contribution in [0.4, 0.5) is 0 Å². The van der Waals surface area contributed by atoms with E-state index in [1.807, 2.05) is 0 Å². The summed E-state index contributed by atoms with van der Waals surface area (Å²) in [5.74, 6) is 0. The lowest BCUT2D eigenvalue weighted by atomic mass is 10.4. The molecule has 0 radical (unpaired) electrons. The van der Waals surface area contributed by atoms with Crippen molar-refractivity contribution < 1.29 is 0 Å². The molecule has 0 aromatic heterocycles. The van der Waals surface area contributed by atoms with Crippen LogP contribution in [0, 0.1) is 0 Å². The van der Waals surface area contributed by atoms with Crippen LogP contribution < -0.4 is 5.19 Å². The fourth-order valence-electron chi connectivity index (χ4n) is 1.23. The number of halogens is 2. The summed E-state index contributed by atoms with van der Waals surface area (Å²) in [7, 11) is 0. The highest BCUT2D eigenvalue weighted by Gasteiger charge is 2.27. The SMILES string of the molecule is CCCC[Si](Br)(I)c1ccccc1. The zero-order valence-corrected chi connectivity index (χ0v) is 12.5. The first-order valence-corrected chi connectivity index (χ1v) is 12.2. The van der Waals surface area contributed by atoms with E-state index in [2.05, 4.69) is 74.3 Å². The first kappa shape index (κ1) is 11.7. The number of benzene rings is 1. The lowest BCUT2D eigenvalue weighted by molar-refractivity contribution is 0.879. The third-order valence-corrected chi connectivity index (χ3v) is 10.2. The molecule has 0 amide bonds. The summed E-state index contributed by atoms with van der Waals surface area (Å²) in [5.41, 5.74) is 0. The van der Waals surface area contributed by atoms with Crippen molar-refractivity contribution >= 4 is 46.5 Å². The van der Waals surface area contributed by atoms with Gasteiger partial charge in [-0.1, -0.05) is 71.9 Å². The molecule has 1 aromatic carbocycles. The zero-order chi connectivity index (χ0) is 9.73. The molecular weight excluding hydrogens is 355 g/mol. The highest BCUT2D eigenvalue weighted by molar-refractivity contribution is 14.1. The average molecular weight is 369 g/mol. The lowest BCUT2D eigenvalue weighted by Gasteiger charge is -2.17. The quantitative estimate of drug-likeness (QED) is 0.428. The predicted octanol–water partition coefficient (Wildman–Crippen LogP) is 3.97. The van der Waals surface area contributed by atoms with E-state index in [-0.39, 0.29) is 0 Å². The molecule has 0 N–H and O–H groups in total. The van der Waals surface area contributed by atoms with Gasteiger partial charge in [0.05, 0.1) is 0 Å². The number of rotatable bonds is 4. The second-order valence-electron chi connectivity index (χ2n) is 3.17. The molecule has 0 heterocycles. The van der Waals surface area contributed by atoms with E-state index in [4.69, 9.17) is 0 Å². The maximum absolute atomic E-state index is 3.92. The van der Waals surface area contributed by atoms with Crippen molar-refractivity contribution in [1.29, 1.82) is 0 Å².